The number of rotatable bonds is 7. The van der Waals surface area contributed by atoms with Crippen LogP contribution in [-0.4, -0.2) is 35.9 Å². The van der Waals surface area contributed by atoms with Gasteiger partial charge in [-0.25, -0.2) is 0 Å². The van der Waals surface area contributed by atoms with Crippen LogP contribution in [0.3, 0.4) is 0 Å². The molecule has 1 N–H and O–H groups in total. The molecule has 3 aromatic rings. The summed E-state index contributed by atoms with van der Waals surface area (Å²) >= 11 is 6.16. The molecular formula is C28H31Cl2F3N2O2. The Labute approximate surface area is 226 Å². The van der Waals surface area contributed by atoms with Crippen molar-refractivity contribution in [3.63, 3.8) is 0 Å². The van der Waals surface area contributed by atoms with Crippen molar-refractivity contribution in [1.82, 2.24) is 9.88 Å². The van der Waals surface area contributed by atoms with Crippen molar-refractivity contribution in [3.8, 4) is 16.9 Å². The third-order valence-corrected chi connectivity index (χ3v) is 7.32. The van der Waals surface area contributed by atoms with Crippen LogP contribution in [0.25, 0.3) is 11.1 Å². The number of aryl methyl sites for hydroxylation is 3. The first-order chi connectivity index (χ1) is 17.1. The van der Waals surface area contributed by atoms with Crippen molar-refractivity contribution in [1.29, 1.82) is 0 Å². The van der Waals surface area contributed by atoms with Gasteiger partial charge < -0.3 is 14.6 Å². The maximum atomic E-state index is 12.6. The molecule has 1 aliphatic heterocycles. The normalized spacial score (nSPS) is 14.9. The Kier molecular flexibility index (Phi) is 9.73. The highest BCUT2D eigenvalue weighted by Gasteiger charge is 2.31. The van der Waals surface area contributed by atoms with Gasteiger partial charge in [0.1, 0.15) is 10.8 Å². The summed E-state index contributed by atoms with van der Waals surface area (Å²) in [4.78, 5) is 18.2. The quantitative estimate of drug-likeness (QED) is 0.330. The van der Waals surface area contributed by atoms with Gasteiger partial charge in [-0.05, 0) is 93.9 Å². The van der Waals surface area contributed by atoms with Gasteiger partial charge in [0.05, 0.1) is 0 Å². The number of halogens is 5. The Morgan fingerprint density at radius 1 is 1.00 bits per heavy atom. The van der Waals surface area contributed by atoms with Gasteiger partial charge in [0, 0.05) is 17.0 Å². The van der Waals surface area contributed by atoms with Crippen molar-refractivity contribution >= 4 is 24.0 Å². The van der Waals surface area contributed by atoms with Crippen LogP contribution in [0.5, 0.6) is 5.75 Å². The van der Waals surface area contributed by atoms with E-state index < -0.39 is 6.36 Å². The third-order valence-electron chi connectivity index (χ3n) is 6.86. The van der Waals surface area contributed by atoms with E-state index in [1.165, 1.54) is 17.7 Å². The van der Waals surface area contributed by atoms with Crippen LogP contribution in [0, 0.1) is 13.8 Å². The summed E-state index contributed by atoms with van der Waals surface area (Å²) in [5.74, 6) is 0.178. The molecule has 4 nitrogen and oxygen atoms in total. The number of hydrogen-bond acceptors (Lipinski definition) is 3. The van der Waals surface area contributed by atoms with Crippen LogP contribution in [0.1, 0.15) is 47.7 Å². The van der Waals surface area contributed by atoms with E-state index in [0.717, 1.165) is 62.1 Å². The second kappa shape index (κ2) is 12.4. The number of piperidine rings is 1. The highest BCUT2D eigenvalue weighted by atomic mass is 35.5. The van der Waals surface area contributed by atoms with Crippen LogP contribution < -0.4 is 10.2 Å². The Morgan fingerprint density at radius 3 is 2.22 bits per heavy atom. The molecule has 200 valence electrons. The Bertz CT molecular complexity index is 1230. The summed E-state index contributed by atoms with van der Waals surface area (Å²) in [6.07, 6.45) is -0.709. The van der Waals surface area contributed by atoms with Gasteiger partial charge >= 0.3 is 6.36 Å². The number of ether oxygens (including phenoxy) is 1. The molecule has 0 radical (unpaired) electrons. The van der Waals surface area contributed by atoms with Crippen LogP contribution in [0.15, 0.2) is 53.3 Å². The number of nitrogens with zero attached hydrogens (tertiary/aromatic N) is 1. The summed E-state index contributed by atoms with van der Waals surface area (Å²) in [5.41, 5.74) is 5.10. The molecule has 0 unspecified atom stereocenters. The number of benzene rings is 2. The Balaban J connectivity index is 0.00000380. The minimum Gasteiger partial charge on any atom is -0.406 e. The molecule has 1 aliphatic rings. The molecule has 0 amide bonds. The van der Waals surface area contributed by atoms with Crippen LogP contribution in [0.4, 0.5) is 13.2 Å². The number of alkyl halides is 3. The highest BCUT2D eigenvalue weighted by molar-refractivity contribution is 6.31. The van der Waals surface area contributed by atoms with Crippen LogP contribution >= 0.6 is 24.0 Å². The topological polar surface area (TPSA) is 45.3 Å². The lowest BCUT2D eigenvalue weighted by Gasteiger charge is -2.32. The lowest BCUT2D eigenvalue weighted by Crippen LogP contribution is -2.33. The molecule has 0 bridgehead atoms. The van der Waals surface area contributed by atoms with Crippen LogP contribution in [-0.2, 0) is 6.42 Å². The lowest BCUT2D eigenvalue weighted by atomic mass is 9.89. The zero-order valence-electron chi connectivity index (χ0n) is 20.8. The molecule has 1 saturated heterocycles. The Morgan fingerprint density at radius 2 is 1.62 bits per heavy atom. The van der Waals surface area contributed by atoms with Crippen LogP contribution in [0.2, 0.25) is 5.02 Å². The fourth-order valence-corrected chi connectivity index (χ4v) is 5.11. The minimum absolute atomic E-state index is 0. The van der Waals surface area contributed by atoms with Gasteiger partial charge in [-0.3, -0.25) is 4.79 Å². The molecule has 0 aliphatic carbocycles. The minimum atomic E-state index is -4.66. The van der Waals surface area contributed by atoms with Crippen molar-refractivity contribution < 1.29 is 17.9 Å². The highest BCUT2D eigenvalue weighted by Crippen LogP contribution is 2.31. The van der Waals surface area contributed by atoms with E-state index in [-0.39, 0.29) is 28.6 Å². The average molecular weight is 555 g/mol. The predicted molar refractivity (Wildman–Crippen MR) is 144 cm³/mol. The second-order valence-corrected chi connectivity index (χ2v) is 9.80. The molecule has 2 heterocycles. The summed E-state index contributed by atoms with van der Waals surface area (Å²) in [6, 6.07) is 14.4. The van der Waals surface area contributed by atoms with Gasteiger partial charge in [0.25, 0.3) is 0 Å². The van der Waals surface area contributed by atoms with Crippen molar-refractivity contribution in [2.45, 2.75) is 51.8 Å². The van der Waals surface area contributed by atoms with E-state index in [1.807, 2.05) is 19.1 Å². The zero-order chi connectivity index (χ0) is 25.9. The van der Waals surface area contributed by atoms with E-state index in [4.69, 9.17) is 11.6 Å². The van der Waals surface area contributed by atoms with E-state index >= 15 is 0 Å². The second-order valence-electron chi connectivity index (χ2n) is 9.43. The van der Waals surface area contributed by atoms with Gasteiger partial charge in [-0.2, -0.15) is 0 Å². The summed E-state index contributed by atoms with van der Waals surface area (Å²) in [6.45, 7) is 6.62. The summed E-state index contributed by atoms with van der Waals surface area (Å²) in [7, 11) is 0. The van der Waals surface area contributed by atoms with Gasteiger partial charge in [0.15, 0.2) is 0 Å². The summed E-state index contributed by atoms with van der Waals surface area (Å²) < 4.78 is 41.0. The first-order valence-corrected chi connectivity index (χ1v) is 12.5. The first-order valence-electron chi connectivity index (χ1n) is 12.2. The number of nitrogens with one attached hydrogen (secondary N) is 1. The molecule has 0 saturated carbocycles. The molecule has 1 fully saturated rings. The Hall–Kier alpha value is -2.48. The molecule has 4 rings (SSSR count). The van der Waals surface area contributed by atoms with E-state index in [1.54, 1.807) is 19.1 Å². The standard InChI is InChI=1S/C28H30ClF3N2O2.ClH/c1-18-25(27(35)26(29)19(2)33-18)23-7-5-20(6-8-23)4-3-15-34-16-13-22(14-17-34)21-9-11-24(12-10-21)36-28(30,31)32;/h5-12,22H,3-4,13-17H2,1-2H3,(H,33,35);1H. The number of H-pyrrole nitrogens is 1. The van der Waals surface area contributed by atoms with Crippen molar-refractivity contribution in [3.05, 3.63) is 86.3 Å². The fraction of sp³-hybridized carbons (Fsp3) is 0.393. The van der Waals surface area contributed by atoms with E-state index in [2.05, 4.69) is 26.8 Å². The van der Waals surface area contributed by atoms with E-state index in [0.29, 0.717) is 17.2 Å². The fourth-order valence-electron chi connectivity index (χ4n) is 4.97. The molecule has 0 atom stereocenters. The largest absolute Gasteiger partial charge is 0.573 e. The molecule has 0 spiro atoms. The maximum Gasteiger partial charge on any atom is 0.573 e. The smallest absolute Gasteiger partial charge is 0.406 e. The van der Waals surface area contributed by atoms with Crippen molar-refractivity contribution in [2.75, 3.05) is 19.6 Å². The molecule has 37 heavy (non-hydrogen) atoms. The van der Waals surface area contributed by atoms with Crippen molar-refractivity contribution in [2.24, 2.45) is 0 Å². The number of aromatic amines is 1. The molecule has 2 aromatic carbocycles. The van der Waals surface area contributed by atoms with E-state index in [9.17, 15) is 18.0 Å². The molecular weight excluding hydrogens is 524 g/mol. The average Bonchev–Trinajstić information content (AvgIpc) is 2.84. The number of aromatic nitrogens is 1. The number of hydrogen-bond donors (Lipinski definition) is 1. The maximum absolute atomic E-state index is 12.6. The zero-order valence-corrected chi connectivity index (χ0v) is 22.4. The lowest BCUT2D eigenvalue weighted by molar-refractivity contribution is -0.274. The molecule has 9 heteroatoms. The SMILES string of the molecule is Cc1[nH]c(C)c(-c2ccc(CCCN3CCC(c4ccc(OC(F)(F)F)cc4)CC3)cc2)c(=O)c1Cl.Cl. The van der Waals surface area contributed by atoms with Gasteiger partial charge in [0.2, 0.25) is 5.43 Å². The summed E-state index contributed by atoms with van der Waals surface area (Å²) in [5, 5.41) is 0.232. The predicted octanol–water partition coefficient (Wildman–Crippen LogP) is 7.44. The first kappa shape index (κ1) is 29.1. The third kappa shape index (κ3) is 7.53. The number of pyridine rings is 1. The molecule has 1 aromatic heterocycles. The number of likely N-dealkylation sites (tertiary alicyclic amines) is 1. The monoisotopic (exact) mass is 554 g/mol. The van der Waals surface area contributed by atoms with Gasteiger partial charge in [-0.1, -0.05) is 48.0 Å². The van der Waals surface area contributed by atoms with Gasteiger partial charge in [-0.15, -0.1) is 25.6 Å².